The van der Waals surface area contributed by atoms with Crippen molar-refractivity contribution < 1.29 is 14.6 Å². The molecule has 1 aliphatic heterocycles. The molecule has 23 heavy (non-hydrogen) atoms. The fourth-order valence-corrected chi connectivity index (χ4v) is 3.20. The van der Waals surface area contributed by atoms with Gasteiger partial charge in [0.15, 0.2) is 17.4 Å². The Balaban J connectivity index is 2.20. The molecule has 10 heteroatoms. The first kappa shape index (κ1) is 16.2. The highest BCUT2D eigenvalue weighted by Crippen LogP contribution is 2.34. The number of H-pyrrole nitrogens is 1. The first-order valence-corrected chi connectivity index (χ1v) is 7.88. The van der Waals surface area contributed by atoms with Gasteiger partial charge in [-0.2, -0.15) is 17.6 Å². The summed E-state index contributed by atoms with van der Waals surface area (Å²) < 4.78 is 12.9. The molecule has 0 aromatic carbocycles. The maximum Gasteiger partial charge on any atom is 0.280 e. The maximum atomic E-state index is 12.0. The highest BCUT2D eigenvalue weighted by molar-refractivity contribution is 7.80. The van der Waals surface area contributed by atoms with Gasteiger partial charge in [-0.3, -0.25) is 14.3 Å². The van der Waals surface area contributed by atoms with Crippen LogP contribution in [0.3, 0.4) is 0 Å². The Bertz CT molecular complexity index is 776. The van der Waals surface area contributed by atoms with Gasteiger partial charge in [0.25, 0.3) is 5.56 Å². The number of fused-ring (bicyclic) bond motifs is 1. The minimum absolute atomic E-state index is 0.00967. The molecule has 0 saturated carbocycles. The van der Waals surface area contributed by atoms with E-state index in [0.717, 1.165) is 0 Å². The largest absolute Gasteiger partial charge is 0.387 e. The van der Waals surface area contributed by atoms with Crippen molar-refractivity contribution in [2.75, 3.05) is 18.6 Å². The molecule has 1 saturated heterocycles. The third-order valence-corrected chi connectivity index (χ3v) is 4.34. The number of nitrogens with one attached hydrogen (secondary N) is 1. The molecule has 2 aromatic rings. The monoisotopic (exact) mass is 341 g/mol. The van der Waals surface area contributed by atoms with E-state index >= 15 is 0 Å². The number of thiol groups is 1. The van der Waals surface area contributed by atoms with E-state index in [1.807, 2.05) is 6.92 Å². The summed E-state index contributed by atoms with van der Waals surface area (Å²) in [7, 11) is 1.49. The van der Waals surface area contributed by atoms with Crippen molar-refractivity contribution in [2.24, 2.45) is 0 Å². The fraction of sp³-hybridized carbons (Fsp3) is 0.615. The minimum atomic E-state index is -0.844. The molecule has 9 nitrogen and oxygen atoms in total. The average molecular weight is 341 g/mol. The standard InChI is InChI=1S/C13H19N5O4S/c1-3-6-15-7-10(16-13(14)17-11(7)20)18(6)12-9(21-2)8(19)5(4-23)22-12/h5,8-9,12,19,23H,3-4H2,1-2H3,(H3,14,16,17,20)/t5-,8-,9-,12-/m1/s1. The van der Waals surface area contributed by atoms with Gasteiger partial charge in [-0.15, -0.1) is 0 Å². The number of aryl methyl sites for hydroxylation is 1. The lowest BCUT2D eigenvalue weighted by Crippen LogP contribution is -2.34. The van der Waals surface area contributed by atoms with Gasteiger partial charge in [-0.25, -0.2) is 4.98 Å². The van der Waals surface area contributed by atoms with Crippen LogP contribution in [0.25, 0.3) is 11.2 Å². The number of aliphatic hydroxyl groups is 1. The summed E-state index contributed by atoms with van der Waals surface area (Å²) in [6, 6.07) is 0. The van der Waals surface area contributed by atoms with Gasteiger partial charge < -0.3 is 20.3 Å². The van der Waals surface area contributed by atoms with Crippen molar-refractivity contribution >= 4 is 29.7 Å². The predicted octanol–water partition coefficient (Wildman–Crippen LogP) is -0.533. The topological polar surface area (TPSA) is 128 Å². The normalized spacial score (nSPS) is 27.8. The number of aliphatic hydroxyl groups excluding tert-OH is 1. The summed E-state index contributed by atoms with van der Waals surface area (Å²) in [4.78, 5) is 23.0. The van der Waals surface area contributed by atoms with Crippen LogP contribution in [0, 0.1) is 0 Å². The molecule has 3 heterocycles. The van der Waals surface area contributed by atoms with Gasteiger partial charge in [0.05, 0.1) is 6.10 Å². The summed E-state index contributed by atoms with van der Waals surface area (Å²) in [5.74, 6) is 0.925. The number of imidazole rings is 1. The van der Waals surface area contributed by atoms with E-state index in [9.17, 15) is 9.90 Å². The number of aromatic nitrogens is 4. The van der Waals surface area contributed by atoms with E-state index in [-0.39, 0.29) is 11.5 Å². The molecular formula is C13H19N5O4S. The molecule has 0 spiro atoms. The first-order valence-electron chi connectivity index (χ1n) is 7.25. The molecule has 1 fully saturated rings. The lowest BCUT2D eigenvalue weighted by atomic mass is 10.1. The highest BCUT2D eigenvalue weighted by Gasteiger charge is 2.45. The number of nitrogens with zero attached hydrogens (tertiary/aromatic N) is 3. The number of hydrogen-bond donors (Lipinski definition) is 4. The van der Waals surface area contributed by atoms with Crippen LogP contribution in [0.5, 0.6) is 0 Å². The van der Waals surface area contributed by atoms with Crippen LogP contribution in [0.2, 0.25) is 0 Å². The van der Waals surface area contributed by atoms with Gasteiger partial charge in [0.2, 0.25) is 5.95 Å². The van der Waals surface area contributed by atoms with Crippen LogP contribution >= 0.6 is 12.6 Å². The Kier molecular flexibility index (Phi) is 4.32. The van der Waals surface area contributed by atoms with Crippen molar-refractivity contribution in [1.82, 2.24) is 19.5 Å². The molecule has 0 unspecified atom stereocenters. The molecule has 0 aliphatic carbocycles. The number of aromatic amines is 1. The van der Waals surface area contributed by atoms with Gasteiger partial charge >= 0.3 is 0 Å². The van der Waals surface area contributed by atoms with Crippen molar-refractivity contribution in [1.29, 1.82) is 0 Å². The zero-order valence-electron chi connectivity index (χ0n) is 12.8. The SMILES string of the molecule is CCc1nc2c(=O)[nH]c(N)nc2n1[C@@H]1O[C@H](CS)[C@@H](O)[C@H]1OC. The van der Waals surface area contributed by atoms with Crippen LogP contribution < -0.4 is 11.3 Å². The minimum Gasteiger partial charge on any atom is -0.387 e. The van der Waals surface area contributed by atoms with Crippen LogP contribution in [0.4, 0.5) is 5.95 Å². The number of hydrogen-bond acceptors (Lipinski definition) is 8. The molecule has 0 amide bonds. The summed E-state index contributed by atoms with van der Waals surface area (Å²) in [5.41, 5.74) is 5.72. The predicted molar refractivity (Wildman–Crippen MR) is 86.5 cm³/mol. The first-order chi connectivity index (χ1) is 11.0. The van der Waals surface area contributed by atoms with Crippen LogP contribution in [0.1, 0.15) is 19.0 Å². The van der Waals surface area contributed by atoms with Crippen LogP contribution in [-0.2, 0) is 15.9 Å². The maximum absolute atomic E-state index is 12.0. The van der Waals surface area contributed by atoms with E-state index in [4.69, 9.17) is 15.2 Å². The van der Waals surface area contributed by atoms with Crippen molar-refractivity contribution in [3.05, 3.63) is 16.2 Å². The fourth-order valence-electron chi connectivity index (χ4n) is 2.89. The summed E-state index contributed by atoms with van der Waals surface area (Å²) in [6.45, 7) is 1.90. The van der Waals surface area contributed by atoms with Crippen LogP contribution in [-0.4, -0.2) is 55.8 Å². The molecule has 126 valence electrons. The number of methoxy groups -OCH3 is 1. The summed E-state index contributed by atoms with van der Waals surface area (Å²) in [6.07, 6.45) is -2.08. The molecule has 4 atom stereocenters. The molecule has 1 aliphatic rings. The van der Waals surface area contributed by atoms with E-state index in [1.165, 1.54) is 7.11 Å². The second-order valence-electron chi connectivity index (χ2n) is 5.31. The Labute approximate surface area is 137 Å². The third-order valence-electron chi connectivity index (χ3n) is 3.98. The van der Waals surface area contributed by atoms with Gasteiger partial charge in [0, 0.05) is 19.3 Å². The molecule has 4 N–H and O–H groups in total. The Morgan fingerprint density at radius 2 is 2.26 bits per heavy atom. The number of nitrogens with two attached hydrogens (primary N) is 1. The second kappa shape index (κ2) is 6.11. The van der Waals surface area contributed by atoms with Crippen molar-refractivity contribution in [3.8, 4) is 0 Å². The van der Waals surface area contributed by atoms with Gasteiger partial charge in [-0.1, -0.05) is 6.92 Å². The van der Waals surface area contributed by atoms with E-state index in [2.05, 4.69) is 27.6 Å². The number of rotatable bonds is 4. The second-order valence-corrected chi connectivity index (χ2v) is 5.68. The Morgan fingerprint density at radius 3 is 2.87 bits per heavy atom. The lowest BCUT2D eigenvalue weighted by Gasteiger charge is -2.21. The molecule has 2 aromatic heterocycles. The van der Waals surface area contributed by atoms with Crippen LogP contribution in [0.15, 0.2) is 4.79 Å². The van der Waals surface area contributed by atoms with E-state index < -0.39 is 30.1 Å². The lowest BCUT2D eigenvalue weighted by molar-refractivity contribution is -0.0479. The van der Waals surface area contributed by atoms with Gasteiger partial charge in [0.1, 0.15) is 18.0 Å². The average Bonchev–Trinajstić information content (AvgIpc) is 3.04. The van der Waals surface area contributed by atoms with E-state index in [1.54, 1.807) is 4.57 Å². The zero-order valence-corrected chi connectivity index (χ0v) is 13.7. The highest BCUT2D eigenvalue weighted by atomic mass is 32.1. The Hall–Kier alpha value is -1.62. The van der Waals surface area contributed by atoms with Crippen molar-refractivity contribution in [3.63, 3.8) is 0 Å². The molecule has 0 radical (unpaired) electrons. The smallest absolute Gasteiger partial charge is 0.280 e. The Morgan fingerprint density at radius 1 is 1.52 bits per heavy atom. The number of ether oxygens (including phenoxy) is 2. The number of nitrogen functional groups attached to an aromatic ring is 1. The molecular weight excluding hydrogens is 322 g/mol. The third kappa shape index (κ3) is 2.51. The number of anilines is 1. The molecule has 0 bridgehead atoms. The summed E-state index contributed by atoms with van der Waals surface area (Å²) >= 11 is 4.19. The van der Waals surface area contributed by atoms with E-state index in [0.29, 0.717) is 23.6 Å². The molecule has 3 rings (SSSR count). The van der Waals surface area contributed by atoms with Crippen molar-refractivity contribution in [2.45, 2.75) is 37.9 Å². The quantitative estimate of drug-likeness (QED) is 0.550. The summed E-state index contributed by atoms with van der Waals surface area (Å²) in [5, 5.41) is 10.3. The van der Waals surface area contributed by atoms with Gasteiger partial charge in [-0.05, 0) is 0 Å². The zero-order chi connectivity index (χ0) is 16.7.